The molecule has 118 valence electrons. The van der Waals surface area contributed by atoms with Crippen LogP contribution in [0.2, 0.25) is 0 Å². The van der Waals surface area contributed by atoms with Crippen LogP contribution in [0.5, 0.6) is 0 Å². The average Bonchev–Trinajstić information content (AvgIpc) is 2.41. The molecule has 2 atom stereocenters. The predicted molar refractivity (Wildman–Crippen MR) is 84.8 cm³/mol. The minimum Gasteiger partial charge on any atom is -0.354 e. The molecule has 1 aliphatic heterocycles. The quantitative estimate of drug-likeness (QED) is 0.751. The first-order valence-electron chi connectivity index (χ1n) is 8.18. The van der Waals surface area contributed by atoms with Crippen LogP contribution in [0.15, 0.2) is 0 Å². The first kappa shape index (κ1) is 17.4. The first-order valence-corrected chi connectivity index (χ1v) is 8.18. The number of carbonyl (C=O) groups is 1. The van der Waals surface area contributed by atoms with Gasteiger partial charge in [0.15, 0.2) is 0 Å². The van der Waals surface area contributed by atoms with E-state index < -0.39 is 0 Å². The molecule has 1 fully saturated rings. The van der Waals surface area contributed by atoms with Crippen molar-refractivity contribution < 1.29 is 4.79 Å². The Kier molecular flexibility index (Phi) is 7.52. The average molecular weight is 283 g/mol. The van der Waals surface area contributed by atoms with Gasteiger partial charge >= 0.3 is 0 Å². The Balaban J connectivity index is 2.52. The Hall–Kier alpha value is -0.610. The summed E-state index contributed by atoms with van der Waals surface area (Å²) in [7, 11) is 0. The van der Waals surface area contributed by atoms with Gasteiger partial charge < -0.3 is 10.6 Å². The molecule has 0 saturated carbocycles. The summed E-state index contributed by atoms with van der Waals surface area (Å²) < 4.78 is 0. The summed E-state index contributed by atoms with van der Waals surface area (Å²) >= 11 is 0. The van der Waals surface area contributed by atoms with Gasteiger partial charge in [-0.1, -0.05) is 34.1 Å². The Morgan fingerprint density at radius 3 is 2.50 bits per heavy atom. The number of hydrogen-bond donors (Lipinski definition) is 2. The van der Waals surface area contributed by atoms with E-state index in [-0.39, 0.29) is 11.9 Å². The van der Waals surface area contributed by atoms with E-state index in [1.54, 1.807) is 0 Å². The molecule has 2 N–H and O–H groups in total. The fourth-order valence-electron chi connectivity index (χ4n) is 2.73. The zero-order chi connectivity index (χ0) is 15.1. The molecule has 1 amide bonds. The summed E-state index contributed by atoms with van der Waals surface area (Å²) in [5.41, 5.74) is 0. The molecular formula is C16H33N3O. The number of nitrogens with zero attached hydrogens (tertiary/aromatic N) is 1. The molecule has 0 aromatic heterocycles. The number of rotatable bonds is 7. The monoisotopic (exact) mass is 283 g/mol. The lowest BCUT2D eigenvalue weighted by atomic mass is 9.99. The van der Waals surface area contributed by atoms with Crippen molar-refractivity contribution in [2.24, 2.45) is 5.92 Å². The summed E-state index contributed by atoms with van der Waals surface area (Å²) in [6, 6.07) is 0.975. The molecule has 0 aromatic carbocycles. The van der Waals surface area contributed by atoms with Crippen LogP contribution in [0.4, 0.5) is 0 Å². The zero-order valence-corrected chi connectivity index (χ0v) is 13.9. The molecule has 0 bridgehead atoms. The van der Waals surface area contributed by atoms with E-state index in [4.69, 9.17) is 0 Å². The fourth-order valence-corrected chi connectivity index (χ4v) is 2.73. The summed E-state index contributed by atoms with van der Waals surface area (Å²) in [6.45, 7) is 13.4. The maximum Gasteiger partial charge on any atom is 0.237 e. The molecule has 4 heteroatoms. The third-order valence-electron chi connectivity index (χ3n) is 4.00. The highest BCUT2D eigenvalue weighted by atomic mass is 16.2. The number of hydrogen-bond acceptors (Lipinski definition) is 3. The third kappa shape index (κ3) is 5.80. The molecule has 20 heavy (non-hydrogen) atoms. The largest absolute Gasteiger partial charge is 0.354 e. The predicted octanol–water partition coefficient (Wildman–Crippen LogP) is 2.00. The molecule has 1 aliphatic rings. The van der Waals surface area contributed by atoms with E-state index in [9.17, 15) is 4.79 Å². The second-order valence-corrected chi connectivity index (χ2v) is 6.77. The first-order chi connectivity index (χ1) is 9.41. The SMILES string of the molecule is CC(C)CNC(=O)C(C)N1CCCCC1CNC(C)C. The Morgan fingerprint density at radius 1 is 1.20 bits per heavy atom. The van der Waals surface area contributed by atoms with Gasteiger partial charge in [0, 0.05) is 25.2 Å². The van der Waals surface area contributed by atoms with Gasteiger partial charge in [0.05, 0.1) is 6.04 Å². The van der Waals surface area contributed by atoms with Crippen molar-refractivity contribution in [3.63, 3.8) is 0 Å². The maximum atomic E-state index is 12.3. The van der Waals surface area contributed by atoms with E-state index in [1.807, 2.05) is 6.92 Å². The number of piperidine rings is 1. The smallest absolute Gasteiger partial charge is 0.237 e. The van der Waals surface area contributed by atoms with Crippen molar-refractivity contribution >= 4 is 5.91 Å². The van der Waals surface area contributed by atoms with Crippen LogP contribution >= 0.6 is 0 Å². The van der Waals surface area contributed by atoms with Crippen LogP contribution in [-0.2, 0) is 4.79 Å². The Bertz CT molecular complexity index is 291. The number of amides is 1. The second-order valence-electron chi connectivity index (χ2n) is 6.77. The third-order valence-corrected chi connectivity index (χ3v) is 4.00. The van der Waals surface area contributed by atoms with Gasteiger partial charge in [0.25, 0.3) is 0 Å². The van der Waals surface area contributed by atoms with E-state index in [0.717, 1.165) is 19.6 Å². The zero-order valence-electron chi connectivity index (χ0n) is 13.9. The van der Waals surface area contributed by atoms with Gasteiger partial charge in [0.1, 0.15) is 0 Å². The lowest BCUT2D eigenvalue weighted by Gasteiger charge is -2.39. The van der Waals surface area contributed by atoms with Crippen molar-refractivity contribution in [3.8, 4) is 0 Å². The van der Waals surface area contributed by atoms with Gasteiger partial charge in [-0.15, -0.1) is 0 Å². The summed E-state index contributed by atoms with van der Waals surface area (Å²) in [5.74, 6) is 0.682. The number of likely N-dealkylation sites (tertiary alicyclic amines) is 1. The molecule has 1 saturated heterocycles. The van der Waals surface area contributed by atoms with Crippen LogP contribution in [0.3, 0.4) is 0 Å². The lowest BCUT2D eigenvalue weighted by molar-refractivity contribution is -0.127. The van der Waals surface area contributed by atoms with Crippen LogP contribution in [0.1, 0.15) is 53.9 Å². The molecular weight excluding hydrogens is 250 g/mol. The topological polar surface area (TPSA) is 44.4 Å². The lowest BCUT2D eigenvalue weighted by Crippen LogP contribution is -2.55. The standard InChI is InChI=1S/C16H33N3O/c1-12(2)10-18-16(20)14(5)19-9-7-6-8-15(19)11-17-13(3)4/h12-15,17H,6-11H2,1-5H3,(H,18,20). The van der Waals surface area contributed by atoms with E-state index in [1.165, 1.54) is 19.3 Å². The van der Waals surface area contributed by atoms with Crippen molar-refractivity contribution in [3.05, 3.63) is 0 Å². The van der Waals surface area contributed by atoms with Gasteiger partial charge in [-0.05, 0) is 32.2 Å². The minimum absolute atomic E-state index is 0.0204. The van der Waals surface area contributed by atoms with Gasteiger partial charge in [-0.3, -0.25) is 9.69 Å². The Labute approximate surface area is 124 Å². The fraction of sp³-hybridized carbons (Fsp3) is 0.938. The molecule has 0 aromatic rings. The van der Waals surface area contributed by atoms with Crippen LogP contribution in [0, 0.1) is 5.92 Å². The second kappa shape index (κ2) is 8.63. The highest BCUT2D eigenvalue weighted by Crippen LogP contribution is 2.19. The van der Waals surface area contributed by atoms with Crippen LogP contribution < -0.4 is 10.6 Å². The maximum absolute atomic E-state index is 12.3. The molecule has 0 radical (unpaired) electrons. The highest BCUT2D eigenvalue weighted by molar-refractivity contribution is 5.81. The molecule has 0 spiro atoms. The van der Waals surface area contributed by atoms with Crippen molar-refractivity contribution in [1.82, 2.24) is 15.5 Å². The summed E-state index contributed by atoms with van der Waals surface area (Å²) in [4.78, 5) is 14.6. The summed E-state index contributed by atoms with van der Waals surface area (Å²) in [5, 5.41) is 6.58. The minimum atomic E-state index is -0.0204. The molecule has 0 aliphatic carbocycles. The van der Waals surface area contributed by atoms with Gasteiger partial charge in [-0.2, -0.15) is 0 Å². The molecule has 1 rings (SSSR count). The van der Waals surface area contributed by atoms with Gasteiger partial charge in [0.2, 0.25) is 5.91 Å². The molecule has 1 heterocycles. The van der Waals surface area contributed by atoms with E-state index in [0.29, 0.717) is 18.0 Å². The van der Waals surface area contributed by atoms with E-state index in [2.05, 4.69) is 43.2 Å². The van der Waals surface area contributed by atoms with Crippen LogP contribution in [0.25, 0.3) is 0 Å². The normalized spacial score (nSPS) is 22.2. The highest BCUT2D eigenvalue weighted by Gasteiger charge is 2.29. The van der Waals surface area contributed by atoms with Crippen LogP contribution in [-0.4, -0.2) is 48.6 Å². The summed E-state index contributed by atoms with van der Waals surface area (Å²) in [6.07, 6.45) is 3.68. The number of nitrogens with one attached hydrogen (secondary N) is 2. The Morgan fingerprint density at radius 2 is 1.90 bits per heavy atom. The number of carbonyl (C=O) groups excluding carboxylic acids is 1. The molecule has 2 unspecified atom stereocenters. The van der Waals surface area contributed by atoms with Crippen molar-refractivity contribution in [1.29, 1.82) is 0 Å². The van der Waals surface area contributed by atoms with Gasteiger partial charge in [-0.25, -0.2) is 0 Å². The van der Waals surface area contributed by atoms with Crippen molar-refractivity contribution in [2.45, 2.75) is 72.0 Å². The van der Waals surface area contributed by atoms with Crippen molar-refractivity contribution in [2.75, 3.05) is 19.6 Å². The van der Waals surface area contributed by atoms with E-state index >= 15 is 0 Å². The molecule has 4 nitrogen and oxygen atoms in total.